The van der Waals surface area contributed by atoms with Crippen molar-refractivity contribution in [3.8, 4) is 0 Å². The Balaban J connectivity index is 1.60. The van der Waals surface area contributed by atoms with Gasteiger partial charge >= 0.3 is 0 Å². The highest BCUT2D eigenvalue weighted by atomic mass is 16.5. The molecule has 2 heterocycles. The molecule has 1 fully saturated rings. The third-order valence-electron chi connectivity index (χ3n) is 3.27. The molecule has 90 valence electrons. The minimum absolute atomic E-state index is 0.701. The number of aromatic nitrogens is 2. The molecule has 1 aromatic rings. The van der Waals surface area contributed by atoms with Gasteiger partial charge in [0.1, 0.15) is 0 Å². The van der Waals surface area contributed by atoms with Crippen molar-refractivity contribution in [3.05, 3.63) is 12.2 Å². The van der Waals surface area contributed by atoms with E-state index in [1.54, 1.807) is 0 Å². The number of nitrogens with one attached hydrogen (secondary N) is 1. The van der Waals surface area contributed by atoms with E-state index in [0.29, 0.717) is 6.54 Å². The summed E-state index contributed by atoms with van der Waals surface area (Å²) in [5.41, 5.74) is 0. The van der Waals surface area contributed by atoms with Gasteiger partial charge in [0.25, 0.3) is 0 Å². The maximum Gasteiger partial charge on any atom is 0.213 e. The second-order valence-electron chi connectivity index (χ2n) is 4.44. The Morgan fingerprint density at radius 2 is 2.50 bits per heavy atom. The highest BCUT2D eigenvalue weighted by Gasteiger charge is 2.17. The average molecular weight is 224 g/mol. The zero-order chi connectivity index (χ0) is 11.2. The van der Waals surface area contributed by atoms with E-state index in [4.69, 9.17) is 0 Å². The molecule has 0 saturated carbocycles. The molecule has 0 radical (unpaired) electrons. The lowest BCUT2D eigenvalue weighted by atomic mass is 10.0. The molecule has 1 saturated heterocycles. The standard InChI is InChI=1S/C11H20N4O/c1-15-7-3-2-4-10(15)5-6-12-8-11-13-9-16-14-11/h9-10,12H,2-8H2,1H3. The fraction of sp³-hybridized carbons (Fsp3) is 0.818. The summed E-state index contributed by atoms with van der Waals surface area (Å²) in [7, 11) is 2.23. The Bertz CT molecular complexity index is 288. The maximum atomic E-state index is 4.67. The first-order chi connectivity index (χ1) is 7.86. The first-order valence-electron chi connectivity index (χ1n) is 6.02. The molecule has 16 heavy (non-hydrogen) atoms. The Morgan fingerprint density at radius 3 is 3.25 bits per heavy atom. The van der Waals surface area contributed by atoms with Crippen molar-refractivity contribution < 1.29 is 4.52 Å². The molecule has 1 aliphatic heterocycles. The Kier molecular flexibility index (Phi) is 4.30. The average Bonchev–Trinajstić information content (AvgIpc) is 2.79. The van der Waals surface area contributed by atoms with Crippen molar-refractivity contribution in [2.75, 3.05) is 20.1 Å². The normalized spacial score (nSPS) is 22.4. The van der Waals surface area contributed by atoms with Crippen LogP contribution in [0.3, 0.4) is 0 Å². The van der Waals surface area contributed by atoms with Gasteiger partial charge in [-0.15, -0.1) is 0 Å². The second kappa shape index (κ2) is 5.96. The number of rotatable bonds is 5. The minimum Gasteiger partial charge on any atom is -0.343 e. The zero-order valence-electron chi connectivity index (χ0n) is 9.85. The van der Waals surface area contributed by atoms with E-state index in [9.17, 15) is 0 Å². The van der Waals surface area contributed by atoms with Crippen LogP contribution in [-0.4, -0.2) is 41.2 Å². The SMILES string of the molecule is CN1CCCCC1CCNCc1ncon1. The van der Waals surface area contributed by atoms with Crippen LogP contribution in [0.2, 0.25) is 0 Å². The van der Waals surface area contributed by atoms with Crippen molar-refractivity contribution in [1.82, 2.24) is 20.4 Å². The molecule has 1 atom stereocenters. The number of likely N-dealkylation sites (tertiary alicyclic amines) is 1. The molecule has 0 aromatic carbocycles. The largest absolute Gasteiger partial charge is 0.343 e. The minimum atomic E-state index is 0.701. The van der Waals surface area contributed by atoms with Gasteiger partial charge < -0.3 is 14.7 Å². The molecule has 0 aliphatic carbocycles. The summed E-state index contributed by atoms with van der Waals surface area (Å²) in [5.74, 6) is 0.733. The molecule has 0 amide bonds. The Morgan fingerprint density at radius 1 is 1.56 bits per heavy atom. The third kappa shape index (κ3) is 3.28. The molecule has 0 bridgehead atoms. The van der Waals surface area contributed by atoms with E-state index in [2.05, 4.69) is 31.9 Å². The predicted molar refractivity (Wildman–Crippen MR) is 60.9 cm³/mol. The number of hydrogen-bond donors (Lipinski definition) is 1. The molecule has 2 rings (SSSR count). The van der Waals surface area contributed by atoms with Gasteiger partial charge in [-0.25, -0.2) is 0 Å². The van der Waals surface area contributed by atoms with Gasteiger partial charge in [0.2, 0.25) is 6.39 Å². The van der Waals surface area contributed by atoms with Crippen molar-refractivity contribution in [3.63, 3.8) is 0 Å². The molecule has 0 spiro atoms. The molecule has 5 nitrogen and oxygen atoms in total. The van der Waals surface area contributed by atoms with Crippen LogP contribution in [0.15, 0.2) is 10.9 Å². The summed E-state index contributed by atoms with van der Waals surface area (Å²) in [5, 5.41) is 7.10. The number of nitrogens with zero attached hydrogens (tertiary/aromatic N) is 3. The van der Waals surface area contributed by atoms with E-state index in [0.717, 1.165) is 18.4 Å². The molecule has 1 unspecified atom stereocenters. The van der Waals surface area contributed by atoms with Crippen LogP contribution in [-0.2, 0) is 6.54 Å². The van der Waals surface area contributed by atoms with Crippen LogP contribution in [0.1, 0.15) is 31.5 Å². The smallest absolute Gasteiger partial charge is 0.213 e. The van der Waals surface area contributed by atoms with Crippen LogP contribution < -0.4 is 5.32 Å². The quantitative estimate of drug-likeness (QED) is 0.757. The topological polar surface area (TPSA) is 54.2 Å². The fourth-order valence-electron chi connectivity index (χ4n) is 2.25. The van der Waals surface area contributed by atoms with Crippen LogP contribution in [0.4, 0.5) is 0 Å². The number of hydrogen-bond acceptors (Lipinski definition) is 5. The van der Waals surface area contributed by atoms with Gasteiger partial charge in [0, 0.05) is 6.04 Å². The second-order valence-corrected chi connectivity index (χ2v) is 4.44. The van der Waals surface area contributed by atoms with Gasteiger partial charge in [-0.05, 0) is 39.4 Å². The predicted octanol–water partition coefficient (Wildman–Crippen LogP) is 1.03. The first-order valence-corrected chi connectivity index (χ1v) is 6.02. The molecule has 5 heteroatoms. The van der Waals surface area contributed by atoms with E-state index < -0.39 is 0 Å². The summed E-state index contributed by atoms with van der Waals surface area (Å²) in [6, 6.07) is 0.742. The molecule has 1 aromatic heterocycles. The fourth-order valence-corrected chi connectivity index (χ4v) is 2.25. The third-order valence-corrected chi connectivity index (χ3v) is 3.27. The summed E-state index contributed by atoms with van der Waals surface area (Å²) < 4.78 is 4.67. The van der Waals surface area contributed by atoms with Crippen molar-refractivity contribution in [2.24, 2.45) is 0 Å². The molecular weight excluding hydrogens is 204 g/mol. The molecule has 1 aliphatic rings. The van der Waals surface area contributed by atoms with Crippen LogP contribution >= 0.6 is 0 Å². The lowest BCUT2D eigenvalue weighted by Crippen LogP contribution is -2.38. The van der Waals surface area contributed by atoms with E-state index in [1.165, 1.54) is 38.6 Å². The number of piperidine rings is 1. The monoisotopic (exact) mass is 224 g/mol. The van der Waals surface area contributed by atoms with E-state index in [-0.39, 0.29) is 0 Å². The summed E-state index contributed by atoms with van der Waals surface area (Å²) in [6.07, 6.45) is 6.63. The van der Waals surface area contributed by atoms with Gasteiger partial charge in [-0.3, -0.25) is 0 Å². The maximum absolute atomic E-state index is 4.67. The van der Waals surface area contributed by atoms with Gasteiger partial charge in [-0.1, -0.05) is 11.6 Å². The van der Waals surface area contributed by atoms with Crippen molar-refractivity contribution in [1.29, 1.82) is 0 Å². The Labute approximate surface area is 96.2 Å². The van der Waals surface area contributed by atoms with Gasteiger partial charge in [-0.2, -0.15) is 4.98 Å². The van der Waals surface area contributed by atoms with Crippen LogP contribution in [0, 0.1) is 0 Å². The first kappa shape index (κ1) is 11.5. The lowest BCUT2D eigenvalue weighted by Gasteiger charge is -2.32. The summed E-state index contributed by atoms with van der Waals surface area (Å²) in [6.45, 7) is 2.96. The van der Waals surface area contributed by atoms with Crippen LogP contribution in [0.5, 0.6) is 0 Å². The summed E-state index contributed by atoms with van der Waals surface area (Å²) >= 11 is 0. The molecular formula is C11H20N4O. The van der Waals surface area contributed by atoms with Gasteiger partial charge in [0.15, 0.2) is 5.82 Å². The summed E-state index contributed by atoms with van der Waals surface area (Å²) in [4.78, 5) is 6.44. The highest BCUT2D eigenvalue weighted by Crippen LogP contribution is 2.16. The molecule has 1 N–H and O–H groups in total. The van der Waals surface area contributed by atoms with E-state index >= 15 is 0 Å². The van der Waals surface area contributed by atoms with Gasteiger partial charge in [0.05, 0.1) is 6.54 Å². The Hall–Kier alpha value is -0.940. The lowest BCUT2D eigenvalue weighted by molar-refractivity contribution is 0.175. The van der Waals surface area contributed by atoms with Crippen molar-refractivity contribution >= 4 is 0 Å². The zero-order valence-corrected chi connectivity index (χ0v) is 9.85. The van der Waals surface area contributed by atoms with Crippen molar-refractivity contribution in [2.45, 2.75) is 38.3 Å². The van der Waals surface area contributed by atoms with E-state index in [1.807, 2.05) is 0 Å². The van der Waals surface area contributed by atoms with Crippen LogP contribution in [0.25, 0.3) is 0 Å². The highest BCUT2D eigenvalue weighted by molar-refractivity contribution is 4.78.